The first kappa shape index (κ1) is 16.7. The molecule has 0 aromatic carbocycles. The zero-order valence-electron chi connectivity index (χ0n) is 13.6. The van der Waals surface area contributed by atoms with E-state index in [9.17, 15) is 5.11 Å². The Balaban J connectivity index is 1.41. The summed E-state index contributed by atoms with van der Waals surface area (Å²) >= 11 is 1.63. The molecule has 1 heterocycles. The smallest absolute Gasteiger partial charge is 0.191 e. The summed E-state index contributed by atoms with van der Waals surface area (Å²) in [5.74, 6) is 1.48. The van der Waals surface area contributed by atoms with Gasteiger partial charge in [0, 0.05) is 30.3 Å². The Morgan fingerprint density at radius 3 is 2.96 bits per heavy atom. The molecular weight excluding hydrogens is 312 g/mol. The van der Waals surface area contributed by atoms with Crippen LogP contribution in [0.15, 0.2) is 10.4 Å². The number of hydrogen-bond acceptors (Lipinski definition) is 5. The highest BCUT2D eigenvalue weighted by atomic mass is 32.1. The molecule has 0 aliphatic heterocycles. The lowest BCUT2D eigenvalue weighted by Gasteiger charge is -2.15. The Labute approximate surface area is 141 Å². The van der Waals surface area contributed by atoms with Gasteiger partial charge in [-0.15, -0.1) is 11.3 Å². The maximum atomic E-state index is 9.99. The van der Waals surface area contributed by atoms with E-state index in [4.69, 9.17) is 4.74 Å². The second-order valence-electron chi connectivity index (χ2n) is 6.48. The van der Waals surface area contributed by atoms with Gasteiger partial charge in [-0.25, -0.2) is 9.98 Å². The Hall–Kier alpha value is -1.18. The molecule has 1 aromatic heterocycles. The fourth-order valence-electron chi connectivity index (χ4n) is 2.12. The van der Waals surface area contributed by atoms with E-state index in [1.807, 2.05) is 12.3 Å². The molecule has 6 nitrogen and oxygen atoms in total. The van der Waals surface area contributed by atoms with Crippen molar-refractivity contribution in [3.8, 4) is 0 Å². The van der Waals surface area contributed by atoms with Crippen LogP contribution < -0.4 is 10.6 Å². The molecule has 2 fully saturated rings. The van der Waals surface area contributed by atoms with Crippen LogP contribution in [-0.2, 0) is 11.3 Å². The summed E-state index contributed by atoms with van der Waals surface area (Å²) in [5, 5.41) is 19.6. The lowest BCUT2D eigenvalue weighted by atomic mass is 10.4. The van der Waals surface area contributed by atoms with Crippen molar-refractivity contribution < 1.29 is 9.84 Å². The van der Waals surface area contributed by atoms with Crippen LogP contribution in [0.5, 0.6) is 0 Å². The molecule has 1 aromatic rings. The first-order valence-corrected chi connectivity index (χ1v) is 9.28. The van der Waals surface area contributed by atoms with Gasteiger partial charge in [-0.2, -0.15) is 0 Å². The van der Waals surface area contributed by atoms with Gasteiger partial charge in [0.1, 0.15) is 5.01 Å². The average molecular weight is 338 g/mol. The van der Waals surface area contributed by atoms with Gasteiger partial charge in [-0.1, -0.05) is 0 Å². The maximum Gasteiger partial charge on any atom is 0.191 e. The number of ether oxygens (including phenoxy) is 1. The Bertz CT molecular complexity index is 526. The van der Waals surface area contributed by atoms with E-state index in [1.165, 1.54) is 25.7 Å². The SMILES string of the molecule is Cc1csc(CN=C(NCC(O)COCC2CC2)NC2CC2)n1. The van der Waals surface area contributed by atoms with E-state index in [0.29, 0.717) is 25.7 Å². The van der Waals surface area contributed by atoms with Gasteiger partial charge in [0.05, 0.1) is 19.3 Å². The third-order valence-corrected chi connectivity index (χ3v) is 4.77. The Morgan fingerprint density at radius 2 is 2.30 bits per heavy atom. The van der Waals surface area contributed by atoms with Crippen molar-refractivity contribution in [1.29, 1.82) is 0 Å². The normalized spacial score (nSPS) is 19.7. The minimum Gasteiger partial charge on any atom is -0.389 e. The fourth-order valence-corrected chi connectivity index (χ4v) is 2.82. The minimum atomic E-state index is -0.512. The first-order valence-electron chi connectivity index (χ1n) is 8.40. The van der Waals surface area contributed by atoms with Crippen LogP contribution in [-0.4, -0.2) is 48.0 Å². The van der Waals surface area contributed by atoms with Gasteiger partial charge in [0.15, 0.2) is 5.96 Å². The molecule has 0 bridgehead atoms. The molecule has 1 unspecified atom stereocenters. The van der Waals surface area contributed by atoms with Gasteiger partial charge in [0.25, 0.3) is 0 Å². The highest BCUT2D eigenvalue weighted by Gasteiger charge is 2.23. The summed E-state index contributed by atoms with van der Waals surface area (Å²) in [6, 6.07) is 0.516. The number of rotatable bonds is 9. The second-order valence-corrected chi connectivity index (χ2v) is 7.42. The number of aromatic nitrogens is 1. The molecule has 0 amide bonds. The van der Waals surface area contributed by atoms with E-state index in [0.717, 1.165) is 29.2 Å². The predicted octanol–water partition coefficient (Wildman–Crippen LogP) is 1.44. The van der Waals surface area contributed by atoms with Gasteiger partial charge in [-0.05, 0) is 38.5 Å². The van der Waals surface area contributed by atoms with Crippen LogP contribution in [0.3, 0.4) is 0 Å². The fraction of sp³-hybridized carbons (Fsp3) is 0.750. The number of aliphatic imine (C=N–C) groups is 1. The molecule has 2 aliphatic carbocycles. The number of aliphatic hydroxyl groups excluding tert-OH is 1. The zero-order chi connectivity index (χ0) is 16.1. The van der Waals surface area contributed by atoms with Crippen molar-refractivity contribution in [2.45, 2.75) is 51.3 Å². The highest BCUT2D eigenvalue weighted by molar-refractivity contribution is 7.09. The molecule has 2 saturated carbocycles. The molecule has 3 rings (SSSR count). The summed E-state index contributed by atoms with van der Waals surface area (Å²) in [6.45, 7) is 4.16. The molecule has 0 saturated heterocycles. The molecule has 2 aliphatic rings. The van der Waals surface area contributed by atoms with E-state index in [1.54, 1.807) is 11.3 Å². The molecule has 128 valence electrons. The van der Waals surface area contributed by atoms with Crippen molar-refractivity contribution in [2.24, 2.45) is 10.9 Å². The quantitative estimate of drug-likeness (QED) is 0.469. The van der Waals surface area contributed by atoms with Gasteiger partial charge in [0.2, 0.25) is 0 Å². The number of nitrogens with zero attached hydrogens (tertiary/aromatic N) is 2. The molecule has 23 heavy (non-hydrogen) atoms. The van der Waals surface area contributed by atoms with Crippen molar-refractivity contribution in [3.05, 3.63) is 16.1 Å². The van der Waals surface area contributed by atoms with E-state index in [-0.39, 0.29) is 0 Å². The lowest BCUT2D eigenvalue weighted by molar-refractivity contribution is 0.0345. The monoisotopic (exact) mass is 338 g/mol. The van der Waals surface area contributed by atoms with Crippen LogP contribution in [0.1, 0.15) is 36.4 Å². The molecule has 0 radical (unpaired) electrons. The van der Waals surface area contributed by atoms with E-state index in [2.05, 4.69) is 20.6 Å². The lowest BCUT2D eigenvalue weighted by Crippen LogP contribution is -2.43. The van der Waals surface area contributed by atoms with Gasteiger partial charge in [-0.3, -0.25) is 0 Å². The molecule has 7 heteroatoms. The topological polar surface area (TPSA) is 78.8 Å². The number of hydrogen-bond donors (Lipinski definition) is 3. The van der Waals surface area contributed by atoms with Crippen LogP contribution in [0, 0.1) is 12.8 Å². The summed E-state index contributed by atoms with van der Waals surface area (Å²) in [5.41, 5.74) is 1.04. The average Bonchev–Trinajstić information content (AvgIpc) is 3.44. The van der Waals surface area contributed by atoms with Crippen LogP contribution in [0.2, 0.25) is 0 Å². The summed E-state index contributed by atoms with van der Waals surface area (Å²) < 4.78 is 5.52. The number of aryl methyl sites for hydroxylation is 1. The highest BCUT2D eigenvalue weighted by Crippen LogP contribution is 2.28. The number of nitrogens with one attached hydrogen (secondary N) is 2. The van der Waals surface area contributed by atoms with Crippen LogP contribution in [0.4, 0.5) is 0 Å². The molecule has 1 atom stereocenters. The standard InChI is InChI=1S/C16H26N4O2S/c1-11-10-23-15(19-11)7-18-16(20-13-4-5-13)17-6-14(21)9-22-8-12-2-3-12/h10,12-14,21H,2-9H2,1H3,(H2,17,18,20). The molecule has 0 spiro atoms. The number of thiazole rings is 1. The molecule has 3 N–H and O–H groups in total. The van der Waals surface area contributed by atoms with Crippen molar-refractivity contribution in [2.75, 3.05) is 19.8 Å². The maximum absolute atomic E-state index is 9.99. The third-order valence-electron chi connectivity index (χ3n) is 3.82. The largest absolute Gasteiger partial charge is 0.389 e. The zero-order valence-corrected chi connectivity index (χ0v) is 14.4. The summed E-state index contributed by atoms with van der Waals surface area (Å²) in [7, 11) is 0. The van der Waals surface area contributed by atoms with Crippen molar-refractivity contribution >= 4 is 17.3 Å². The minimum absolute atomic E-state index is 0.381. The van der Waals surface area contributed by atoms with Crippen LogP contribution in [0.25, 0.3) is 0 Å². The van der Waals surface area contributed by atoms with Gasteiger partial charge < -0.3 is 20.5 Å². The number of guanidine groups is 1. The summed E-state index contributed by atoms with van der Waals surface area (Å²) in [6.07, 6.45) is 4.40. The van der Waals surface area contributed by atoms with Gasteiger partial charge >= 0.3 is 0 Å². The van der Waals surface area contributed by atoms with E-state index >= 15 is 0 Å². The second kappa shape index (κ2) is 8.08. The number of aliphatic hydroxyl groups is 1. The third kappa shape index (κ3) is 6.45. The van der Waals surface area contributed by atoms with Crippen LogP contribution >= 0.6 is 11.3 Å². The first-order chi connectivity index (χ1) is 11.2. The van der Waals surface area contributed by atoms with E-state index < -0.39 is 6.10 Å². The Kier molecular flexibility index (Phi) is 5.85. The predicted molar refractivity (Wildman–Crippen MR) is 91.7 cm³/mol. The van der Waals surface area contributed by atoms with Crippen molar-refractivity contribution in [3.63, 3.8) is 0 Å². The Morgan fingerprint density at radius 1 is 1.48 bits per heavy atom. The summed E-state index contributed by atoms with van der Waals surface area (Å²) in [4.78, 5) is 8.99. The van der Waals surface area contributed by atoms with Crippen molar-refractivity contribution in [1.82, 2.24) is 15.6 Å². The molecular formula is C16H26N4O2S.